The van der Waals surface area contributed by atoms with Crippen molar-refractivity contribution in [1.82, 2.24) is 5.43 Å². The Bertz CT molecular complexity index is 977. The molecule has 0 radical (unpaired) electrons. The van der Waals surface area contributed by atoms with Crippen molar-refractivity contribution in [3.05, 3.63) is 53.1 Å². The van der Waals surface area contributed by atoms with Gasteiger partial charge in [-0.3, -0.25) is 9.59 Å². The fourth-order valence-corrected chi connectivity index (χ4v) is 2.50. The van der Waals surface area contributed by atoms with E-state index in [1.165, 1.54) is 6.21 Å². The first-order valence-corrected chi connectivity index (χ1v) is 9.45. The smallest absolute Gasteiger partial charge is 0.249 e. The first kappa shape index (κ1) is 22.5. The molecule has 0 unspecified atom stereocenters. The highest BCUT2D eigenvalue weighted by Gasteiger charge is 2.10. The second kappa shape index (κ2) is 11.3. The highest BCUT2D eigenvalue weighted by molar-refractivity contribution is 6.03. The topological polar surface area (TPSA) is 89.0 Å². The minimum atomic E-state index is -0.522. The summed E-state index contributed by atoms with van der Waals surface area (Å²) in [6, 6.07) is 10.7. The Balaban J connectivity index is 1.90. The molecule has 0 saturated carbocycles. The molecule has 30 heavy (non-hydrogen) atoms. The third-order valence-electron chi connectivity index (χ3n) is 4.09. The van der Waals surface area contributed by atoms with Crippen LogP contribution in [0.2, 0.25) is 0 Å². The molecule has 0 heterocycles. The zero-order chi connectivity index (χ0) is 21.9. The normalized spacial score (nSPS) is 10.3. The Labute approximate surface area is 176 Å². The number of amides is 2. The van der Waals surface area contributed by atoms with Crippen molar-refractivity contribution in [3.8, 4) is 23.8 Å². The number of aryl methyl sites for hydroxylation is 2. The predicted molar refractivity (Wildman–Crippen MR) is 117 cm³/mol. The van der Waals surface area contributed by atoms with Crippen LogP contribution in [0.4, 0.5) is 5.69 Å². The fourth-order valence-electron chi connectivity index (χ4n) is 2.50. The maximum atomic E-state index is 12.0. The number of nitrogens with zero attached hydrogens (tertiary/aromatic N) is 1. The van der Waals surface area contributed by atoms with E-state index < -0.39 is 11.8 Å². The number of carbonyl (C=O) groups excluding carboxylic acids is 2. The number of carbonyl (C=O) groups is 2. The zero-order valence-electron chi connectivity index (χ0n) is 17.3. The van der Waals surface area contributed by atoms with E-state index in [4.69, 9.17) is 15.9 Å². The van der Waals surface area contributed by atoms with Crippen LogP contribution in [0.25, 0.3) is 0 Å². The molecule has 2 amide bonds. The average Bonchev–Trinajstić information content (AvgIpc) is 2.70. The van der Waals surface area contributed by atoms with Crippen LogP contribution in [0.1, 0.15) is 30.0 Å². The van der Waals surface area contributed by atoms with Gasteiger partial charge in [-0.2, -0.15) is 5.10 Å². The standard InChI is InChI=1S/C23H25N3O4/c1-5-11-30-20-10-8-18(13-21(20)29-6-2)15-24-26-23(28)14-22(27)25-19-9-7-16(3)17(4)12-19/h1,7-10,12-13,15H,6,11,14H2,2-4H3,(H,25,27)(H,26,28). The van der Waals surface area contributed by atoms with Gasteiger partial charge in [0.1, 0.15) is 13.0 Å². The van der Waals surface area contributed by atoms with Crippen molar-refractivity contribution in [2.45, 2.75) is 27.2 Å². The number of terminal acetylenes is 1. The summed E-state index contributed by atoms with van der Waals surface area (Å²) in [5, 5.41) is 6.58. The highest BCUT2D eigenvalue weighted by atomic mass is 16.5. The van der Waals surface area contributed by atoms with Gasteiger partial charge in [0.15, 0.2) is 11.5 Å². The molecular weight excluding hydrogens is 382 g/mol. The van der Waals surface area contributed by atoms with Gasteiger partial charge in [0.25, 0.3) is 0 Å². The summed E-state index contributed by atoms with van der Waals surface area (Å²) in [5.41, 5.74) is 5.86. The maximum Gasteiger partial charge on any atom is 0.249 e. The van der Waals surface area contributed by atoms with Crippen LogP contribution in [-0.2, 0) is 9.59 Å². The van der Waals surface area contributed by atoms with Crippen molar-refractivity contribution in [3.63, 3.8) is 0 Å². The summed E-state index contributed by atoms with van der Waals surface area (Å²) in [4.78, 5) is 24.0. The number of ether oxygens (including phenoxy) is 2. The molecule has 0 aliphatic heterocycles. The Hall–Kier alpha value is -3.79. The highest BCUT2D eigenvalue weighted by Crippen LogP contribution is 2.28. The molecule has 2 N–H and O–H groups in total. The average molecular weight is 407 g/mol. The van der Waals surface area contributed by atoms with Gasteiger partial charge in [-0.05, 0) is 67.8 Å². The number of hydrogen-bond acceptors (Lipinski definition) is 5. The van der Waals surface area contributed by atoms with Gasteiger partial charge in [-0.25, -0.2) is 5.43 Å². The third kappa shape index (κ3) is 6.99. The van der Waals surface area contributed by atoms with Crippen LogP contribution in [0.3, 0.4) is 0 Å². The third-order valence-corrected chi connectivity index (χ3v) is 4.09. The van der Waals surface area contributed by atoms with Crippen molar-refractivity contribution in [1.29, 1.82) is 0 Å². The van der Waals surface area contributed by atoms with Gasteiger partial charge in [0.2, 0.25) is 11.8 Å². The molecule has 2 aromatic carbocycles. The van der Waals surface area contributed by atoms with Gasteiger partial charge in [-0.15, -0.1) is 6.42 Å². The maximum absolute atomic E-state index is 12.0. The van der Waals surface area contributed by atoms with Crippen LogP contribution in [-0.4, -0.2) is 31.2 Å². The zero-order valence-corrected chi connectivity index (χ0v) is 17.3. The largest absolute Gasteiger partial charge is 0.490 e. The van der Waals surface area contributed by atoms with E-state index in [1.54, 1.807) is 24.3 Å². The van der Waals surface area contributed by atoms with E-state index in [-0.39, 0.29) is 13.0 Å². The van der Waals surface area contributed by atoms with Crippen LogP contribution < -0.4 is 20.2 Å². The number of benzene rings is 2. The summed E-state index contributed by atoms with van der Waals surface area (Å²) >= 11 is 0. The number of rotatable bonds is 9. The monoisotopic (exact) mass is 407 g/mol. The summed E-state index contributed by atoms with van der Waals surface area (Å²) in [6.45, 7) is 6.39. The first-order chi connectivity index (χ1) is 14.4. The van der Waals surface area contributed by atoms with E-state index in [9.17, 15) is 9.59 Å². The lowest BCUT2D eigenvalue weighted by molar-refractivity contribution is -0.126. The Kier molecular flexibility index (Phi) is 8.45. The van der Waals surface area contributed by atoms with Crippen molar-refractivity contribution in [2.24, 2.45) is 5.10 Å². The van der Waals surface area contributed by atoms with Crippen molar-refractivity contribution in [2.75, 3.05) is 18.5 Å². The number of nitrogens with one attached hydrogen (secondary N) is 2. The van der Waals surface area contributed by atoms with E-state index in [0.717, 1.165) is 11.1 Å². The number of hydrogen-bond donors (Lipinski definition) is 2. The summed E-state index contributed by atoms with van der Waals surface area (Å²) < 4.78 is 11.0. The Morgan fingerprint density at radius 2 is 1.87 bits per heavy atom. The number of anilines is 1. The van der Waals surface area contributed by atoms with Crippen LogP contribution in [0.15, 0.2) is 41.5 Å². The summed E-state index contributed by atoms with van der Waals surface area (Å²) in [6.07, 6.45) is 6.32. The molecule has 156 valence electrons. The minimum absolute atomic E-state index is 0.133. The molecule has 7 heteroatoms. The lowest BCUT2D eigenvalue weighted by atomic mass is 10.1. The fraction of sp³-hybridized carbons (Fsp3) is 0.261. The molecule has 2 rings (SSSR count). The van der Waals surface area contributed by atoms with Gasteiger partial charge >= 0.3 is 0 Å². The molecule has 0 aliphatic carbocycles. The van der Waals surface area contributed by atoms with Crippen LogP contribution >= 0.6 is 0 Å². The molecule has 2 aromatic rings. The van der Waals surface area contributed by atoms with Gasteiger partial charge in [0, 0.05) is 5.69 Å². The van der Waals surface area contributed by atoms with E-state index in [2.05, 4.69) is 21.8 Å². The number of hydrazone groups is 1. The van der Waals surface area contributed by atoms with E-state index in [1.807, 2.05) is 32.9 Å². The van der Waals surface area contributed by atoms with Crippen molar-refractivity contribution >= 4 is 23.7 Å². The SMILES string of the molecule is C#CCOc1ccc(C=NNC(=O)CC(=O)Nc2ccc(C)c(C)c2)cc1OCC. The summed E-state index contributed by atoms with van der Waals surface area (Å²) in [7, 11) is 0. The lowest BCUT2D eigenvalue weighted by Gasteiger charge is -2.10. The molecule has 0 spiro atoms. The van der Waals surface area contributed by atoms with Gasteiger partial charge in [-0.1, -0.05) is 12.0 Å². The minimum Gasteiger partial charge on any atom is -0.490 e. The molecular formula is C23H25N3O4. The first-order valence-electron chi connectivity index (χ1n) is 9.45. The van der Waals surface area contributed by atoms with E-state index >= 15 is 0 Å². The quantitative estimate of drug-likeness (QED) is 0.289. The van der Waals surface area contributed by atoms with Crippen molar-refractivity contribution < 1.29 is 19.1 Å². The Morgan fingerprint density at radius 3 is 2.57 bits per heavy atom. The molecule has 0 saturated heterocycles. The van der Waals surface area contributed by atoms with Gasteiger partial charge in [0.05, 0.1) is 12.8 Å². The van der Waals surface area contributed by atoms with Crippen LogP contribution in [0, 0.1) is 26.2 Å². The molecule has 0 bridgehead atoms. The predicted octanol–water partition coefficient (Wildman–Crippen LogP) is 3.19. The van der Waals surface area contributed by atoms with E-state index in [0.29, 0.717) is 29.4 Å². The second-order valence-electron chi connectivity index (χ2n) is 6.45. The molecule has 7 nitrogen and oxygen atoms in total. The molecule has 0 atom stereocenters. The summed E-state index contributed by atoms with van der Waals surface area (Å²) in [5.74, 6) is 2.51. The second-order valence-corrected chi connectivity index (χ2v) is 6.45. The molecule has 0 aliphatic rings. The molecule has 0 aromatic heterocycles. The van der Waals surface area contributed by atoms with Crippen LogP contribution in [0.5, 0.6) is 11.5 Å². The van der Waals surface area contributed by atoms with Gasteiger partial charge < -0.3 is 14.8 Å². The lowest BCUT2D eigenvalue weighted by Crippen LogP contribution is -2.24. The molecule has 0 fully saturated rings. The Morgan fingerprint density at radius 1 is 1.07 bits per heavy atom.